The van der Waals surface area contributed by atoms with E-state index in [9.17, 15) is 4.79 Å². The zero-order valence-corrected chi connectivity index (χ0v) is 9.79. The summed E-state index contributed by atoms with van der Waals surface area (Å²) in [5, 5.41) is 4.06. The summed E-state index contributed by atoms with van der Waals surface area (Å²) in [4.78, 5) is 10.7. The van der Waals surface area contributed by atoms with Gasteiger partial charge in [-0.1, -0.05) is 0 Å². The molecule has 0 N–H and O–H groups in total. The van der Waals surface area contributed by atoms with Gasteiger partial charge in [0.25, 0.3) is 0 Å². The van der Waals surface area contributed by atoms with Crippen LogP contribution in [0.15, 0.2) is 12.4 Å². The van der Waals surface area contributed by atoms with Crippen LogP contribution < -0.4 is 0 Å². The van der Waals surface area contributed by atoms with E-state index in [2.05, 4.69) is 26.3 Å². The van der Waals surface area contributed by atoms with E-state index in [1.54, 1.807) is 10.3 Å². The summed E-state index contributed by atoms with van der Waals surface area (Å²) in [5.41, 5.74) is 0.520. The van der Waals surface area contributed by atoms with E-state index in [0.29, 0.717) is 0 Å². The van der Waals surface area contributed by atoms with Crippen molar-refractivity contribution in [3.63, 3.8) is 0 Å². The van der Waals surface area contributed by atoms with Crippen LogP contribution in [-0.4, -0.2) is 15.5 Å². The molecule has 3 nitrogen and oxygen atoms in total. The number of aromatic nitrogens is 2. The van der Waals surface area contributed by atoms with Crippen LogP contribution in [0.4, 0.5) is 0 Å². The third-order valence-electron chi connectivity index (χ3n) is 1.67. The highest BCUT2D eigenvalue weighted by molar-refractivity contribution is 14.2. The second-order valence-electron chi connectivity index (χ2n) is 3.04. The molecule has 1 aromatic heterocycles. The molecule has 0 fully saturated rings. The summed E-state index contributed by atoms with van der Waals surface area (Å²) in [6.07, 6.45) is 4.53. The van der Waals surface area contributed by atoms with E-state index in [4.69, 9.17) is 0 Å². The van der Waals surface area contributed by atoms with Gasteiger partial charge in [-0.05, 0) is 13.8 Å². The van der Waals surface area contributed by atoms with Gasteiger partial charge in [-0.2, -0.15) is 5.10 Å². The molecule has 66 valence electrons. The zero-order valence-electron chi connectivity index (χ0n) is 6.82. The lowest BCUT2D eigenvalue weighted by atomic mass is 9.89. The molecule has 0 saturated heterocycles. The topological polar surface area (TPSA) is 34.9 Å². The van der Waals surface area contributed by atoms with Gasteiger partial charge in [-0.3, -0.25) is 0 Å². The molecule has 0 atom stereocenters. The fraction of sp³-hybridized carbons (Fsp3) is 0.429. The lowest BCUT2D eigenvalue weighted by molar-refractivity contribution is -0.111. The van der Waals surface area contributed by atoms with Crippen LogP contribution in [0, 0.1) is 0 Å². The molecular weight excluding hydrogens is 287 g/mol. The summed E-state index contributed by atoms with van der Waals surface area (Å²) in [6, 6.07) is 0. The maximum atomic E-state index is 10.7. The zero-order chi connectivity index (χ0) is 9.19. The van der Waals surface area contributed by atoms with Crippen LogP contribution in [0.1, 0.15) is 19.4 Å². The number of nitrogens with zero attached hydrogens (tertiary/aromatic N) is 2. The Kier molecular flexibility index (Phi) is 3.16. The second kappa shape index (κ2) is 3.78. The average Bonchev–Trinajstić information content (AvgIpc) is 2.52. The molecule has 0 aliphatic rings. The molecule has 0 saturated carbocycles. The third-order valence-corrected chi connectivity index (χ3v) is 3.22. The van der Waals surface area contributed by atoms with Crippen LogP contribution in [0.25, 0.3) is 0 Å². The van der Waals surface area contributed by atoms with Gasteiger partial charge in [0.15, 0.2) is 0 Å². The molecule has 0 aliphatic heterocycles. The molecule has 0 radical (unpaired) electrons. The van der Waals surface area contributed by atoms with Gasteiger partial charge in [-0.25, -0.2) is 4.09 Å². The summed E-state index contributed by atoms with van der Waals surface area (Å²) < 4.78 is 1.72. The minimum absolute atomic E-state index is 0.426. The SMILES string of the molecule is CC(C)(C=O)c1cnn(SI)c1. The number of halogens is 1. The van der Waals surface area contributed by atoms with Crippen molar-refractivity contribution in [1.29, 1.82) is 0 Å². The molecule has 1 rings (SSSR count). The number of aldehydes is 1. The van der Waals surface area contributed by atoms with Crippen LogP contribution in [-0.2, 0) is 10.2 Å². The predicted molar refractivity (Wildman–Crippen MR) is 58.3 cm³/mol. The Hall–Kier alpha value is -0.0400. The van der Waals surface area contributed by atoms with Crippen LogP contribution in [0.5, 0.6) is 0 Å². The molecule has 0 amide bonds. The van der Waals surface area contributed by atoms with Crippen LogP contribution in [0.2, 0.25) is 0 Å². The van der Waals surface area contributed by atoms with E-state index in [1.165, 1.54) is 9.12 Å². The molecule has 0 unspecified atom stereocenters. The molecular formula is C7H9IN2OS. The lowest BCUT2D eigenvalue weighted by Gasteiger charge is -2.12. The lowest BCUT2D eigenvalue weighted by Crippen LogP contribution is -2.17. The number of carbonyl (C=O) groups excluding carboxylic acids is 1. The van der Waals surface area contributed by atoms with Crippen molar-refractivity contribution in [2.45, 2.75) is 19.3 Å². The Bertz CT molecular complexity index is 285. The van der Waals surface area contributed by atoms with Crippen molar-refractivity contribution in [3.8, 4) is 0 Å². The van der Waals surface area contributed by atoms with Gasteiger partial charge in [-0.15, -0.1) is 0 Å². The van der Waals surface area contributed by atoms with E-state index < -0.39 is 5.41 Å². The Balaban J connectivity index is 2.95. The van der Waals surface area contributed by atoms with Gasteiger partial charge >= 0.3 is 0 Å². The fourth-order valence-electron chi connectivity index (χ4n) is 0.743. The number of rotatable bonds is 3. The van der Waals surface area contributed by atoms with Gasteiger partial charge in [0.2, 0.25) is 0 Å². The van der Waals surface area contributed by atoms with Crippen molar-refractivity contribution in [2.24, 2.45) is 0 Å². The molecule has 1 aromatic rings. The first kappa shape index (κ1) is 10.0. The summed E-state index contributed by atoms with van der Waals surface area (Å²) in [6.45, 7) is 3.75. The quantitative estimate of drug-likeness (QED) is 0.633. The summed E-state index contributed by atoms with van der Waals surface area (Å²) >= 11 is 2.14. The van der Waals surface area contributed by atoms with E-state index in [-0.39, 0.29) is 0 Å². The molecule has 1 heterocycles. The average molecular weight is 296 g/mol. The smallest absolute Gasteiger partial charge is 0.130 e. The van der Waals surface area contributed by atoms with Gasteiger partial charge < -0.3 is 4.79 Å². The molecule has 0 aliphatic carbocycles. The predicted octanol–water partition coefficient (Wildman–Crippen LogP) is 2.21. The van der Waals surface area contributed by atoms with Gasteiger partial charge in [0, 0.05) is 47.5 Å². The maximum Gasteiger partial charge on any atom is 0.130 e. The van der Waals surface area contributed by atoms with E-state index in [1.807, 2.05) is 20.0 Å². The van der Waals surface area contributed by atoms with Crippen molar-refractivity contribution in [2.75, 3.05) is 0 Å². The number of carbonyl (C=O) groups is 1. The summed E-state index contributed by atoms with van der Waals surface area (Å²) in [5.74, 6) is 0. The molecule has 0 spiro atoms. The Morgan fingerprint density at radius 3 is 2.83 bits per heavy atom. The Morgan fingerprint density at radius 2 is 2.42 bits per heavy atom. The first-order valence-electron chi connectivity index (χ1n) is 3.41. The minimum atomic E-state index is -0.426. The largest absolute Gasteiger partial charge is 0.302 e. The molecule has 12 heavy (non-hydrogen) atoms. The normalized spacial score (nSPS) is 11.6. The Morgan fingerprint density at radius 1 is 1.75 bits per heavy atom. The first-order chi connectivity index (χ1) is 5.60. The number of hydrogen-bond acceptors (Lipinski definition) is 3. The molecule has 0 aromatic carbocycles. The van der Waals surface area contributed by atoms with E-state index >= 15 is 0 Å². The van der Waals surface area contributed by atoms with Crippen molar-refractivity contribution < 1.29 is 4.79 Å². The molecule has 0 bridgehead atoms. The van der Waals surface area contributed by atoms with Crippen molar-refractivity contribution in [3.05, 3.63) is 18.0 Å². The summed E-state index contributed by atoms with van der Waals surface area (Å²) in [7, 11) is 1.48. The van der Waals surface area contributed by atoms with Crippen LogP contribution >= 0.6 is 30.3 Å². The van der Waals surface area contributed by atoms with Crippen LogP contribution in [0.3, 0.4) is 0 Å². The third kappa shape index (κ3) is 2.01. The van der Waals surface area contributed by atoms with Crippen molar-refractivity contribution >= 4 is 36.6 Å². The maximum absolute atomic E-state index is 10.7. The highest BCUT2D eigenvalue weighted by Gasteiger charge is 2.21. The van der Waals surface area contributed by atoms with Crippen molar-refractivity contribution in [1.82, 2.24) is 9.19 Å². The monoisotopic (exact) mass is 296 g/mol. The first-order valence-corrected chi connectivity index (χ1v) is 6.72. The standard InChI is InChI=1S/C7H9IN2OS/c1-7(2,5-11)6-3-9-10(4-6)12-8/h3-5H,1-2H3. The number of hydrogen-bond donors (Lipinski definition) is 0. The highest BCUT2D eigenvalue weighted by atomic mass is 127. The minimum Gasteiger partial charge on any atom is -0.302 e. The second-order valence-corrected chi connectivity index (χ2v) is 4.73. The van der Waals surface area contributed by atoms with Gasteiger partial charge in [0.1, 0.15) is 6.29 Å². The fourth-order valence-corrected chi connectivity index (χ4v) is 1.63. The van der Waals surface area contributed by atoms with E-state index in [0.717, 1.165) is 11.8 Å². The molecule has 5 heteroatoms. The Labute approximate surface area is 87.6 Å². The highest BCUT2D eigenvalue weighted by Crippen LogP contribution is 2.22. The van der Waals surface area contributed by atoms with Gasteiger partial charge in [0.05, 0.1) is 6.20 Å².